The molecule has 1 aromatic rings. The Kier molecular flexibility index (Phi) is 2.89. The van der Waals surface area contributed by atoms with Gasteiger partial charge in [0.1, 0.15) is 6.61 Å². The van der Waals surface area contributed by atoms with Gasteiger partial charge in [-0.3, -0.25) is 9.88 Å². The normalized spacial score (nSPS) is 25.7. The Labute approximate surface area is 112 Å². The summed E-state index contributed by atoms with van der Waals surface area (Å²) in [5.41, 5.74) is 0.513. The van der Waals surface area contributed by atoms with E-state index in [9.17, 15) is 4.79 Å². The van der Waals surface area contributed by atoms with Crippen LogP contribution in [0.2, 0.25) is 0 Å². The van der Waals surface area contributed by atoms with Gasteiger partial charge in [0, 0.05) is 0 Å². The summed E-state index contributed by atoms with van der Waals surface area (Å²) < 4.78 is 5.10. The number of hydrogen-bond acceptors (Lipinski definition) is 5. The molecule has 102 valence electrons. The van der Waals surface area contributed by atoms with Crippen molar-refractivity contribution in [3.8, 4) is 0 Å². The van der Waals surface area contributed by atoms with Crippen molar-refractivity contribution in [2.24, 2.45) is 0 Å². The van der Waals surface area contributed by atoms with Crippen LogP contribution in [0.3, 0.4) is 0 Å². The van der Waals surface area contributed by atoms with Crippen molar-refractivity contribution in [2.45, 2.75) is 38.3 Å². The molecule has 2 saturated heterocycles. The lowest BCUT2D eigenvalue weighted by Gasteiger charge is -2.26. The van der Waals surface area contributed by atoms with E-state index in [4.69, 9.17) is 4.74 Å². The SMILES string of the molecule is CC1(C)COC(=O)N1c1cncc([C@@H]2CCCN2)n1. The standard InChI is InChI=1S/C13H18N4O2/c1-13(2)8-19-12(18)17(13)11-7-14-6-10(16-11)9-4-3-5-15-9/h6-7,9,15H,3-5,8H2,1-2H3/t9-/m0/s1. The van der Waals surface area contributed by atoms with Crippen LogP contribution in [0, 0.1) is 0 Å². The number of anilines is 1. The van der Waals surface area contributed by atoms with Crippen LogP contribution in [-0.2, 0) is 4.74 Å². The first kappa shape index (κ1) is 12.3. The molecule has 0 saturated carbocycles. The highest BCUT2D eigenvalue weighted by molar-refractivity contribution is 5.90. The Morgan fingerprint density at radius 1 is 1.47 bits per heavy atom. The second-order valence-electron chi connectivity index (χ2n) is 5.65. The fourth-order valence-electron chi connectivity index (χ4n) is 2.60. The van der Waals surface area contributed by atoms with Crippen LogP contribution in [-0.4, -0.2) is 34.8 Å². The van der Waals surface area contributed by atoms with Crippen molar-refractivity contribution in [3.05, 3.63) is 18.1 Å². The van der Waals surface area contributed by atoms with Crippen molar-refractivity contribution in [3.63, 3.8) is 0 Å². The van der Waals surface area contributed by atoms with E-state index in [0.29, 0.717) is 12.4 Å². The number of rotatable bonds is 2. The summed E-state index contributed by atoms with van der Waals surface area (Å²) in [6.07, 6.45) is 5.24. The first-order valence-electron chi connectivity index (χ1n) is 6.60. The molecule has 3 rings (SSSR count). The molecule has 1 aromatic heterocycles. The summed E-state index contributed by atoms with van der Waals surface area (Å²) in [5, 5.41) is 3.39. The highest BCUT2D eigenvalue weighted by Gasteiger charge is 2.42. The van der Waals surface area contributed by atoms with Gasteiger partial charge in [-0.1, -0.05) is 0 Å². The minimum absolute atomic E-state index is 0.245. The maximum Gasteiger partial charge on any atom is 0.416 e. The van der Waals surface area contributed by atoms with Crippen LogP contribution in [0.25, 0.3) is 0 Å². The first-order chi connectivity index (χ1) is 9.08. The quantitative estimate of drug-likeness (QED) is 0.877. The van der Waals surface area contributed by atoms with Crippen LogP contribution >= 0.6 is 0 Å². The van der Waals surface area contributed by atoms with Gasteiger partial charge in [-0.2, -0.15) is 0 Å². The number of cyclic esters (lactones) is 1. The summed E-state index contributed by atoms with van der Waals surface area (Å²) in [4.78, 5) is 22.2. The molecule has 2 aliphatic heterocycles. The highest BCUT2D eigenvalue weighted by Crippen LogP contribution is 2.30. The third kappa shape index (κ3) is 2.16. The van der Waals surface area contributed by atoms with E-state index in [-0.39, 0.29) is 17.7 Å². The molecule has 6 nitrogen and oxygen atoms in total. The maximum atomic E-state index is 11.8. The minimum atomic E-state index is -0.381. The van der Waals surface area contributed by atoms with Crippen LogP contribution in [0.15, 0.2) is 12.4 Å². The van der Waals surface area contributed by atoms with E-state index < -0.39 is 0 Å². The number of hydrogen-bond donors (Lipinski definition) is 1. The van der Waals surface area contributed by atoms with Crippen molar-refractivity contribution in [2.75, 3.05) is 18.1 Å². The van der Waals surface area contributed by atoms with Crippen LogP contribution < -0.4 is 10.2 Å². The first-order valence-corrected chi connectivity index (χ1v) is 6.60. The van der Waals surface area contributed by atoms with E-state index in [0.717, 1.165) is 25.1 Å². The number of carbonyl (C=O) groups is 1. The summed E-state index contributed by atoms with van der Waals surface area (Å²) in [6, 6.07) is 0.245. The fraction of sp³-hybridized carbons (Fsp3) is 0.615. The van der Waals surface area contributed by atoms with Crippen molar-refractivity contribution < 1.29 is 9.53 Å². The van der Waals surface area contributed by atoms with E-state index in [2.05, 4.69) is 15.3 Å². The zero-order valence-corrected chi connectivity index (χ0v) is 11.2. The number of nitrogens with one attached hydrogen (secondary N) is 1. The average Bonchev–Trinajstić information content (AvgIpc) is 2.98. The molecule has 2 fully saturated rings. The monoisotopic (exact) mass is 262 g/mol. The third-order valence-electron chi connectivity index (χ3n) is 3.62. The summed E-state index contributed by atoms with van der Waals surface area (Å²) in [6.45, 7) is 5.30. The largest absolute Gasteiger partial charge is 0.447 e. The third-order valence-corrected chi connectivity index (χ3v) is 3.62. The van der Waals surface area contributed by atoms with E-state index in [1.165, 1.54) is 0 Å². The van der Waals surface area contributed by atoms with Gasteiger partial charge < -0.3 is 10.1 Å². The molecule has 0 bridgehead atoms. The van der Waals surface area contributed by atoms with Crippen LogP contribution in [0.4, 0.5) is 10.6 Å². The van der Waals surface area contributed by atoms with Gasteiger partial charge in [-0.05, 0) is 33.2 Å². The van der Waals surface area contributed by atoms with Crippen molar-refractivity contribution in [1.29, 1.82) is 0 Å². The van der Waals surface area contributed by atoms with Gasteiger partial charge in [0.05, 0.1) is 29.7 Å². The Morgan fingerprint density at radius 3 is 2.95 bits per heavy atom. The topological polar surface area (TPSA) is 67.3 Å². The zero-order valence-electron chi connectivity index (χ0n) is 11.2. The van der Waals surface area contributed by atoms with Gasteiger partial charge in [-0.15, -0.1) is 0 Å². The number of nitrogens with zero attached hydrogens (tertiary/aromatic N) is 3. The number of aromatic nitrogens is 2. The smallest absolute Gasteiger partial charge is 0.416 e. The molecule has 3 heterocycles. The van der Waals surface area contributed by atoms with Gasteiger partial charge in [0.15, 0.2) is 5.82 Å². The van der Waals surface area contributed by atoms with Crippen molar-refractivity contribution in [1.82, 2.24) is 15.3 Å². The van der Waals surface area contributed by atoms with Crippen LogP contribution in [0.1, 0.15) is 38.4 Å². The minimum Gasteiger partial charge on any atom is -0.447 e. The zero-order chi connectivity index (χ0) is 13.5. The summed E-state index contributed by atoms with van der Waals surface area (Å²) >= 11 is 0. The molecule has 0 unspecified atom stereocenters. The summed E-state index contributed by atoms with van der Waals surface area (Å²) in [5.74, 6) is 0.568. The molecular formula is C13H18N4O2. The molecule has 0 aromatic carbocycles. The Bertz CT molecular complexity index is 497. The molecule has 19 heavy (non-hydrogen) atoms. The predicted octanol–water partition coefficient (Wildman–Crippen LogP) is 1.64. The molecule has 1 N–H and O–H groups in total. The molecule has 2 aliphatic rings. The molecule has 0 radical (unpaired) electrons. The lowest BCUT2D eigenvalue weighted by atomic mass is 10.1. The lowest BCUT2D eigenvalue weighted by Crippen LogP contribution is -2.42. The Hall–Kier alpha value is -1.69. The fourth-order valence-corrected chi connectivity index (χ4v) is 2.60. The van der Waals surface area contributed by atoms with Gasteiger partial charge in [-0.25, -0.2) is 9.78 Å². The highest BCUT2D eigenvalue weighted by atomic mass is 16.6. The van der Waals surface area contributed by atoms with Crippen molar-refractivity contribution >= 4 is 11.9 Å². The molecule has 1 amide bonds. The second kappa shape index (κ2) is 4.45. The molecule has 0 aliphatic carbocycles. The number of ether oxygens (including phenoxy) is 1. The molecule has 6 heteroatoms. The van der Waals surface area contributed by atoms with E-state index in [1.54, 1.807) is 17.3 Å². The second-order valence-corrected chi connectivity index (χ2v) is 5.65. The van der Waals surface area contributed by atoms with E-state index in [1.807, 2.05) is 13.8 Å². The van der Waals surface area contributed by atoms with Gasteiger partial charge in [0.2, 0.25) is 0 Å². The molecule has 1 atom stereocenters. The lowest BCUT2D eigenvalue weighted by molar-refractivity contribution is 0.175. The average molecular weight is 262 g/mol. The number of amides is 1. The molecule has 0 spiro atoms. The van der Waals surface area contributed by atoms with Crippen LogP contribution in [0.5, 0.6) is 0 Å². The van der Waals surface area contributed by atoms with E-state index >= 15 is 0 Å². The number of carbonyl (C=O) groups excluding carboxylic acids is 1. The predicted molar refractivity (Wildman–Crippen MR) is 69.9 cm³/mol. The maximum absolute atomic E-state index is 11.8. The van der Waals surface area contributed by atoms with Gasteiger partial charge in [0.25, 0.3) is 0 Å². The Balaban J connectivity index is 1.92. The Morgan fingerprint density at radius 2 is 2.32 bits per heavy atom. The molecular weight excluding hydrogens is 244 g/mol. The summed E-state index contributed by atoms with van der Waals surface area (Å²) in [7, 11) is 0. The van der Waals surface area contributed by atoms with Gasteiger partial charge >= 0.3 is 6.09 Å².